The van der Waals surface area contributed by atoms with Crippen LogP contribution in [0.15, 0.2) is 24.3 Å². The van der Waals surface area contributed by atoms with Gasteiger partial charge in [-0.25, -0.2) is 0 Å². The predicted molar refractivity (Wildman–Crippen MR) is 77.1 cm³/mol. The molecule has 1 unspecified atom stereocenters. The van der Waals surface area contributed by atoms with E-state index < -0.39 is 0 Å². The molecule has 0 saturated carbocycles. The van der Waals surface area contributed by atoms with E-state index in [0.717, 1.165) is 44.6 Å². The van der Waals surface area contributed by atoms with Gasteiger partial charge in [0.05, 0.1) is 12.6 Å². The molecule has 1 fully saturated rings. The van der Waals surface area contributed by atoms with E-state index in [0.29, 0.717) is 12.5 Å². The third kappa shape index (κ3) is 4.60. The van der Waals surface area contributed by atoms with E-state index in [2.05, 4.69) is 31.2 Å². The Labute approximate surface area is 116 Å². The van der Waals surface area contributed by atoms with E-state index in [1.807, 2.05) is 0 Å². The van der Waals surface area contributed by atoms with Crippen molar-refractivity contribution in [3.05, 3.63) is 35.4 Å². The van der Waals surface area contributed by atoms with Crippen LogP contribution in [0.25, 0.3) is 0 Å². The molecule has 1 saturated heterocycles. The van der Waals surface area contributed by atoms with Crippen LogP contribution >= 0.6 is 0 Å². The average Bonchev–Trinajstić information content (AvgIpc) is 2.48. The van der Waals surface area contributed by atoms with E-state index in [1.54, 1.807) is 0 Å². The molecular formula is C16H25NO2. The topological polar surface area (TPSA) is 44.5 Å². The van der Waals surface area contributed by atoms with Crippen molar-refractivity contribution in [3.63, 3.8) is 0 Å². The molecule has 1 heterocycles. The lowest BCUT2D eigenvalue weighted by molar-refractivity contribution is 0.0174. The molecule has 1 aromatic carbocycles. The summed E-state index contributed by atoms with van der Waals surface area (Å²) in [4.78, 5) is 0. The summed E-state index contributed by atoms with van der Waals surface area (Å²) < 4.78 is 11.1. The van der Waals surface area contributed by atoms with Crippen LogP contribution in [0.3, 0.4) is 0 Å². The van der Waals surface area contributed by atoms with E-state index in [-0.39, 0.29) is 6.04 Å². The predicted octanol–water partition coefficient (Wildman–Crippen LogP) is 2.69. The summed E-state index contributed by atoms with van der Waals surface area (Å²) in [5, 5.41) is 0. The fraction of sp³-hybridized carbons (Fsp3) is 0.625. The molecule has 0 amide bonds. The Balaban J connectivity index is 1.72. The molecule has 3 heteroatoms. The maximum Gasteiger partial charge on any atom is 0.0659 e. The van der Waals surface area contributed by atoms with Crippen LogP contribution in [-0.4, -0.2) is 26.4 Å². The molecule has 1 aromatic rings. The third-order valence-corrected chi connectivity index (χ3v) is 3.81. The highest BCUT2D eigenvalue weighted by atomic mass is 16.5. The number of hydrogen-bond acceptors (Lipinski definition) is 3. The summed E-state index contributed by atoms with van der Waals surface area (Å²) in [6, 6.07) is 8.50. The van der Waals surface area contributed by atoms with Gasteiger partial charge in [0.15, 0.2) is 0 Å². The van der Waals surface area contributed by atoms with Crippen molar-refractivity contribution >= 4 is 0 Å². The molecule has 1 aliphatic rings. The Morgan fingerprint density at radius 1 is 1.26 bits per heavy atom. The minimum atomic E-state index is -0.0225. The largest absolute Gasteiger partial charge is 0.381 e. The summed E-state index contributed by atoms with van der Waals surface area (Å²) >= 11 is 0. The zero-order valence-corrected chi connectivity index (χ0v) is 11.8. The monoisotopic (exact) mass is 263 g/mol. The van der Waals surface area contributed by atoms with Gasteiger partial charge < -0.3 is 15.2 Å². The van der Waals surface area contributed by atoms with Gasteiger partial charge in [-0.15, -0.1) is 0 Å². The first kappa shape index (κ1) is 14.5. The van der Waals surface area contributed by atoms with Crippen molar-refractivity contribution in [2.75, 3.05) is 26.4 Å². The van der Waals surface area contributed by atoms with Crippen molar-refractivity contribution in [1.82, 2.24) is 0 Å². The van der Waals surface area contributed by atoms with Crippen LogP contribution < -0.4 is 5.73 Å². The lowest BCUT2D eigenvalue weighted by Crippen LogP contribution is -2.23. The Kier molecular flexibility index (Phi) is 5.83. The summed E-state index contributed by atoms with van der Waals surface area (Å²) in [5.74, 6) is 0.642. The highest BCUT2D eigenvalue weighted by Crippen LogP contribution is 2.17. The lowest BCUT2D eigenvalue weighted by Gasteiger charge is -2.22. The molecule has 0 aromatic heterocycles. The Morgan fingerprint density at radius 3 is 2.58 bits per heavy atom. The maximum absolute atomic E-state index is 6.15. The quantitative estimate of drug-likeness (QED) is 0.858. The van der Waals surface area contributed by atoms with Gasteiger partial charge >= 0.3 is 0 Å². The van der Waals surface area contributed by atoms with Crippen molar-refractivity contribution < 1.29 is 9.47 Å². The standard InChI is InChI=1S/C16H25NO2/c1-2-13-3-5-15(6-4-13)16(17)12-19-11-14-7-9-18-10-8-14/h3-6,14,16H,2,7-12,17H2,1H3. The number of benzene rings is 1. The van der Waals surface area contributed by atoms with Crippen molar-refractivity contribution in [2.24, 2.45) is 11.7 Å². The summed E-state index contributed by atoms with van der Waals surface area (Å²) in [6.45, 7) is 5.32. The summed E-state index contributed by atoms with van der Waals surface area (Å²) in [5.41, 5.74) is 8.66. The average molecular weight is 263 g/mol. The second-order valence-corrected chi connectivity index (χ2v) is 5.29. The molecule has 2 N–H and O–H groups in total. The summed E-state index contributed by atoms with van der Waals surface area (Å²) in [6.07, 6.45) is 3.29. The second kappa shape index (κ2) is 7.63. The van der Waals surface area contributed by atoms with Crippen LogP contribution in [0.1, 0.15) is 36.9 Å². The Hall–Kier alpha value is -0.900. The maximum atomic E-state index is 6.15. The van der Waals surface area contributed by atoms with Gasteiger partial charge in [0, 0.05) is 19.8 Å². The minimum absolute atomic E-state index is 0.0225. The molecule has 19 heavy (non-hydrogen) atoms. The molecule has 0 bridgehead atoms. The van der Waals surface area contributed by atoms with E-state index in [1.165, 1.54) is 5.56 Å². The number of hydrogen-bond donors (Lipinski definition) is 1. The molecule has 0 radical (unpaired) electrons. The van der Waals surface area contributed by atoms with E-state index in [9.17, 15) is 0 Å². The minimum Gasteiger partial charge on any atom is -0.381 e. The molecule has 3 nitrogen and oxygen atoms in total. The van der Waals surface area contributed by atoms with Crippen LogP contribution in [0.2, 0.25) is 0 Å². The van der Waals surface area contributed by atoms with Crippen molar-refractivity contribution in [1.29, 1.82) is 0 Å². The van der Waals surface area contributed by atoms with Gasteiger partial charge in [0.2, 0.25) is 0 Å². The van der Waals surface area contributed by atoms with Crippen LogP contribution in [0, 0.1) is 5.92 Å². The SMILES string of the molecule is CCc1ccc(C(N)COCC2CCOCC2)cc1. The Morgan fingerprint density at radius 2 is 1.95 bits per heavy atom. The Bertz CT molecular complexity index is 358. The third-order valence-electron chi connectivity index (χ3n) is 3.81. The van der Waals surface area contributed by atoms with Crippen LogP contribution in [0.4, 0.5) is 0 Å². The first-order valence-electron chi connectivity index (χ1n) is 7.29. The number of aryl methyl sites for hydroxylation is 1. The molecular weight excluding hydrogens is 238 g/mol. The second-order valence-electron chi connectivity index (χ2n) is 5.29. The molecule has 2 rings (SSSR count). The lowest BCUT2D eigenvalue weighted by atomic mass is 10.0. The first-order chi connectivity index (χ1) is 9.29. The van der Waals surface area contributed by atoms with E-state index >= 15 is 0 Å². The van der Waals surface area contributed by atoms with Gasteiger partial charge in [-0.3, -0.25) is 0 Å². The highest BCUT2D eigenvalue weighted by Gasteiger charge is 2.14. The smallest absolute Gasteiger partial charge is 0.0659 e. The van der Waals surface area contributed by atoms with Crippen LogP contribution in [0.5, 0.6) is 0 Å². The highest BCUT2D eigenvalue weighted by molar-refractivity contribution is 5.24. The number of nitrogens with two attached hydrogens (primary N) is 1. The zero-order valence-electron chi connectivity index (χ0n) is 11.8. The number of ether oxygens (including phenoxy) is 2. The van der Waals surface area contributed by atoms with Gasteiger partial charge in [0.25, 0.3) is 0 Å². The van der Waals surface area contributed by atoms with Crippen LogP contribution in [-0.2, 0) is 15.9 Å². The summed E-state index contributed by atoms with van der Waals surface area (Å²) in [7, 11) is 0. The number of rotatable bonds is 6. The molecule has 0 aliphatic carbocycles. The van der Waals surface area contributed by atoms with E-state index in [4.69, 9.17) is 15.2 Å². The fourth-order valence-corrected chi connectivity index (χ4v) is 2.37. The first-order valence-corrected chi connectivity index (χ1v) is 7.29. The van der Waals surface area contributed by atoms with Crippen molar-refractivity contribution in [3.8, 4) is 0 Å². The molecule has 106 valence electrons. The normalized spacial score (nSPS) is 18.4. The zero-order chi connectivity index (χ0) is 13.5. The van der Waals surface area contributed by atoms with Gasteiger partial charge in [-0.1, -0.05) is 31.2 Å². The van der Waals surface area contributed by atoms with Crippen molar-refractivity contribution in [2.45, 2.75) is 32.2 Å². The van der Waals surface area contributed by atoms with Gasteiger partial charge in [0.1, 0.15) is 0 Å². The van der Waals surface area contributed by atoms with Gasteiger partial charge in [-0.2, -0.15) is 0 Å². The molecule has 0 spiro atoms. The molecule has 1 atom stereocenters. The molecule has 1 aliphatic heterocycles. The van der Waals surface area contributed by atoms with Gasteiger partial charge in [-0.05, 0) is 36.3 Å². The fourth-order valence-electron chi connectivity index (χ4n) is 2.37.